The molecule has 0 aromatic heterocycles. The molecule has 0 amide bonds. The fourth-order valence-corrected chi connectivity index (χ4v) is 3.31. The van der Waals surface area contributed by atoms with Gasteiger partial charge in [0.05, 0.1) is 0 Å². The van der Waals surface area contributed by atoms with Gasteiger partial charge in [0.2, 0.25) is 0 Å². The lowest BCUT2D eigenvalue weighted by molar-refractivity contribution is 0.266. The number of likely N-dealkylation sites (tertiary alicyclic amines) is 1. The van der Waals surface area contributed by atoms with E-state index in [0.29, 0.717) is 5.84 Å². The Morgan fingerprint density at radius 1 is 1.29 bits per heavy atom. The monoisotopic (exact) mass is 297 g/mol. The van der Waals surface area contributed by atoms with Gasteiger partial charge >= 0.3 is 0 Å². The van der Waals surface area contributed by atoms with Crippen LogP contribution in [0, 0.1) is 11.3 Å². The maximum Gasteiger partial charge on any atom is 0.144 e. The van der Waals surface area contributed by atoms with Crippen LogP contribution in [0.15, 0.2) is 5.16 Å². The predicted octanol–water partition coefficient (Wildman–Crippen LogP) is 3.83. The SMILES string of the molecule is CCCC1CCCN(CCCCC(C)(C)C(N)=NO)CC1. The highest BCUT2D eigenvalue weighted by Gasteiger charge is 2.23. The molecule has 1 saturated heterocycles. The Morgan fingerprint density at radius 3 is 2.71 bits per heavy atom. The molecule has 0 aromatic rings. The van der Waals surface area contributed by atoms with E-state index in [0.717, 1.165) is 18.8 Å². The molecule has 0 saturated carbocycles. The van der Waals surface area contributed by atoms with Crippen LogP contribution in [0.3, 0.4) is 0 Å². The van der Waals surface area contributed by atoms with E-state index in [1.165, 1.54) is 58.2 Å². The molecule has 0 aromatic carbocycles. The molecule has 1 fully saturated rings. The summed E-state index contributed by atoms with van der Waals surface area (Å²) in [6.07, 6.45) is 10.2. The summed E-state index contributed by atoms with van der Waals surface area (Å²) in [5.41, 5.74) is 5.54. The van der Waals surface area contributed by atoms with Crippen molar-refractivity contribution in [2.45, 2.75) is 72.1 Å². The number of unbranched alkanes of at least 4 members (excludes halogenated alkanes) is 1. The van der Waals surface area contributed by atoms with Crippen molar-refractivity contribution in [1.82, 2.24) is 4.90 Å². The Labute approximate surface area is 130 Å². The summed E-state index contributed by atoms with van der Waals surface area (Å²) in [5.74, 6) is 1.30. The fourth-order valence-electron chi connectivity index (χ4n) is 3.31. The van der Waals surface area contributed by atoms with E-state index in [1.54, 1.807) is 0 Å². The average Bonchev–Trinajstić information content (AvgIpc) is 2.68. The van der Waals surface area contributed by atoms with Crippen LogP contribution in [-0.4, -0.2) is 35.6 Å². The summed E-state index contributed by atoms with van der Waals surface area (Å²) >= 11 is 0. The van der Waals surface area contributed by atoms with E-state index in [4.69, 9.17) is 10.9 Å². The van der Waals surface area contributed by atoms with Crippen molar-refractivity contribution in [3.8, 4) is 0 Å². The van der Waals surface area contributed by atoms with Gasteiger partial charge in [-0.25, -0.2) is 0 Å². The van der Waals surface area contributed by atoms with Gasteiger partial charge in [-0.15, -0.1) is 0 Å². The Morgan fingerprint density at radius 2 is 2.05 bits per heavy atom. The molecule has 0 bridgehead atoms. The van der Waals surface area contributed by atoms with Crippen molar-refractivity contribution in [2.24, 2.45) is 22.2 Å². The Kier molecular flexibility index (Phi) is 8.09. The van der Waals surface area contributed by atoms with Crippen LogP contribution in [0.4, 0.5) is 0 Å². The zero-order valence-corrected chi connectivity index (χ0v) is 14.3. The molecule has 1 heterocycles. The summed E-state index contributed by atoms with van der Waals surface area (Å²) in [5, 5.41) is 11.9. The maximum atomic E-state index is 8.79. The minimum absolute atomic E-state index is 0.195. The molecule has 1 rings (SSSR count). The van der Waals surface area contributed by atoms with E-state index >= 15 is 0 Å². The third kappa shape index (κ3) is 6.68. The van der Waals surface area contributed by atoms with Gasteiger partial charge in [-0.3, -0.25) is 0 Å². The number of amidine groups is 1. The molecule has 1 unspecified atom stereocenters. The van der Waals surface area contributed by atoms with Gasteiger partial charge in [0.15, 0.2) is 0 Å². The quantitative estimate of drug-likeness (QED) is 0.235. The minimum atomic E-state index is -0.195. The Bertz CT molecular complexity index is 315. The van der Waals surface area contributed by atoms with Gasteiger partial charge in [0.1, 0.15) is 5.84 Å². The second kappa shape index (κ2) is 9.29. The zero-order chi connectivity index (χ0) is 15.7. The molecule has 124 valence electrons. The first-order valence-corrected chi connectivity index (χ1v) is 8.70. The summed E-state index contributed by atoms with van der Waals surface area (Å²) < 4.78 is 0. The smallest absolute Gasteiger partial charge is 0.144 e. The third-order valence-corrected chi connectivity index (χ3v) is 4.96. The van der Waals surface area contributed by atoms with Crippen molar-refractivity contribution in [3.63, 3.8) is 0 Å². The number of hydrogen-bond donors (Lipinski definition) is 2. The molecule has 1 atom stereocenters. The van der Waals surface area contributed by atoms with Gasteiger partial charge in [0, 0.05) is 5.41 Å². The first-order valence-electron chi connectivity index (χ1n) is 8.70. The molecular weight excluding hydrogens is 262 g/mol. The van der Waals surface area contributed by atoms with Crippen molar-refractivity contribution >= 4 is 5.84 Å². The lowest BCUT2D eigenvalue weighted by Gasteiger charge is -2.24. The van der Waals surface area contributed by atoms with Gasteiger partial charge in [-0.05, 0) is 57.7 Å². The topological polar surface area (TPSA) is 61.8 Å². The number of hydrogen-bond acceptors (Lipinski definition) is 3. The van der Waals surface area contributed by atoms with Crippen LogP contribution in [-0.2, 0) is 0 Å². The molecule has 1 aliphatic rings. The Hall–Kier alpha value is -0.770. The van der Waals surface area contributed by atoms with Crippen molar-refractivity contribution in [2.75, 3.05) is 19.6 Å². The van der Waals surface area contributed by atoms with Crippen LogP contribution in [0.25, 0.3) is 0 Å². The van der Waals surface area contributed by atoms with Crippen LogP contribution < -0.4 is 5.73 Å². The summed E-state index contributed by atoms with van der Waals surface area (Å²) in [6.45, 7) is 10.1. The summed E-state index contributed by atoms with van der Waals surface area (Å²) in [4.78, 5) is 2.63. The van der Waals surface area contributed by atoms with E-state index < -0.39 is 0 Å². The number of nitrogens with zero attached hydrogens (tertiary/aromatic N) is 2. The van der Waals surface area contributed by atoms with E-state index in [9.17, 15) is 0 Å². The maximum absolute atomic E-state index is 8.79. The Balaban J connectivity index is 2.21. The van der Waals surface area contributed by atoms with Gasteiger partial charge in [-0.2, -0.15) is 0 Å². The van der Waals surface area contributed by atoms with E-state index in [1.807, 2.05) is 13.8 Å². The van der Waals surface area contributed by atoms with Crippen LogP contribution >= 0.6 is 0 Å². The number of rotatable bonds is 8. The molecule has 0 radical (unpaired) electrons. The molecular formula is C17H35N3O. The minimum Gasteiger partial charge on any atom is -0.409 e. The second-order valence-electron chi connectivity index (χ2n) is 7.25. The fraction of sp³-hybridized carbons (Fsp3) is 0.941. The molecule has 4 nitrogen and oxygen atoms in total. The van der Waals surface area contributed by atoms with Crippen molar-refractivity contribution < 1.29 is 5.21 Å². The summed E-state index contributed by atoms with van der Waals surface area (Å²) in [6, 6.07) is 0. The van der Waals surface area contributed by atoms with E-state index in [-0.39, 0.29) is 5.41 Å². The molecule has 21 heavy (non-hydrogen) atoms. The molecule has 1 aliphatic heterocycles. The second-order valence-corrected chi connectivity index (χ2v) is 7.25. The highest BCUT2D eigenvalue weighted by molar-refractivity contribution is 5.85. The van der Waals surface area contributed by atoms with Gasteiger partial charge in [-0.1, -0.05) is 45.2 Å². The predicted molar refractivity (Wildman–Crippen MR) is 89.7 cm³/mol. The zero-order valence-electron chi connectivity index (χ0n) is 14.3. The number of oxime groups is 1. The van der Waals surface area contributed by atoms with Gasteiger partial charge < -0.3 is 15.8 Å². The molecule has 4 heteroatoms. The lowest BCUT2D eigenvalue weighted by Crippen LogP contribution is -2.32. The van der Waals surface area contributed by atoms with Crippen molar-refractivity contribution in [3.05, 3.63) is 0 Å². The average molecular weight is 297 g/mol. The molecule has 0 aliphatic carbocycles. The third-order valence-electron chi connectivity index (χ3n) is 4.96. The highest BCUT2D eigenvalue weighted by Crippen LogP contribution is 2.25. The van der Waals surface area contributed by atoms with Crippen LogP contribution in [0.1, 0.15) is 72.1 Å². The lowest BCUT2D eigenvalue weighted by atomic mass is 9.86. The van der Waals surface area contributed by atoms with Crippen LogP contribution in [0.5, 0.6) is 0 Å². The first kappa shape index (κ1) is 18.3. The largest absolute Gasteiger partial charge is 0.409 e. The highest BCUT2D eigenvalue weighted by atomic mass is 16.4. The normalized spacial score (nSPS) is 22.2. The van der Waals surface area contributed by atoms with Crippen LogP contribution in [0.2, 0.25) is 0 Å². The van der Waals surface area contributed by atoms with E-state index in [2.05, 4.69) is 17.0 Å². The first-order chi connectivity index (χ1) is 9.99. The molecule has 3 N–H and O–H groups in total. The number of nitrogens with two attached hydrogens (primary N) is 1. The molecule has 0 spiro atoms. The summed E-state index contributed by atoms with van der Waals surface area (Å²) in [7, 11) is 0. The van der Waals surface area contributed by atoms with Crippen molar-refractivity contribution in [1.29, 1.82) is 0 Å². The standard InChI is InChI=1S/C17H35N3O/c1-4-8-15-9-7-13-20(14-10-15)12-6-5-11-17(2,3)16(18)19-21/h15,21H,4-14H2,1-3H3,(H2,18,19). The van der Waals surface area contributed by atoms with Gasteiger partial charge in [0.25, 0.3) is 0 Å².